The maximum Gasteiger partial charge on any atom is 0.332 e. The largest absolute Gasteiger partial charge is 0.495 e. The van der Waals surface area contributed by atoms with Crippen LogP contribution < -0.4 is 20.9 Å². The lowest BCUT2D eigenvalue weighted by Crippen LogP contribution is -2.39. The van der Waals surface area contributed by atoms with E-state index in [1.807, 2.05) is 22.5 Å². The molecule has 1 aliphatic heterocycles. The van der Waals surface area contributed by atoms with Gasteiger partial charge in [0.15, 0.2) is 11.2 Å². The van der Waals surface area contributed by atoms with Gasteiger partial charge in [0, 0.05) is 31.7 Å². The summed E-state index contributed by atoms with van der Waals surface area (Å²) in [6, 6.07) is 5.36. The van der Waals surface area contributed by atoms with E-state index in [2.05, 4.69) is 4.98 Å². The fourth-order valence-corrected chi connectivity index (χ4v) is 3.72. The van der Waals surface area contributed by atoms with Gasteiger partial charge in [0.05, 0.1) is 12.8 Å². The Bertz CT molecular complexity index is 1220. The Morgan fingerprint density at radius 1 is 1.29 bits per heavy atom. The van der Waals surface area contributed by atoms with E-state index in [-0.39, 0.29) is 17.8 Å². The molecule has 8 nitrogen and oxygen atoms in total. The number of halogens is 1. The monoisotopic (exact) mass is 401 g/mol. The molecule has 0 N–H and O–H groups in total. The molecule has 3 heterocycles. The van der Waals surface area contributed by atoms with E-state index in [1.54, 1.807) is 38.4 Å². The second-order valence-corrected chi connectivity index (χ2v) is 6.97. The molecule has 2 aromatic heterocycles. The van der Waals surface area contributed by atoms with Crippen molar-refractivity contribution in [3.8, 4) is 5.75 Å². The molecule has 28 heavy (non-hydrogen) atoms. The Labute approximate surface area is 165 Å². The van der Waals surface area contributed by atoms with Gasteiger partial charge in [-0.3, -0.25) is 13.9 Å². The van der Waals surface area contributed by atoms with Crippen molar-refractivity contribution in [3.63, 3.8) is 0 Å². The lowest BCUT2D eigenvalue weighted by Gasteiger charge is -2.19. The summed E-state index contributed by atoms with van der Waals surface area (Å²) in [5, 5.41) is 0.575. The van der Waals surface area contributed by atoms with Gasteiger partial charge in [0.1, 0.15) is 5.75 Å². The highest BCUT2D eigenvalue weighted by molar-refractivity contribution is 6.31. The zero-order valence-electron chi connectivity index (χ0n) is 15.8. The Morgan fingerprint density at radius 2 is 2.07 bits per heavy atom. The van der Waals surface area contributed by atoms with E-state index in [1.165, 1.54) is 9.13 Å². The van der Waals surface area contributed by atoms with Crippen LogP contribution in [0, 0.1) is 0 Å². The predicted molar refractivity (Wildman–Crippen MR) is 109 cm³/mol. The molecule has 0 bridgehead atoms. The second kappa shape index (κ2) is 6.87. The Hall–Kier alpha value is -3.00. The molecule has 1 aromatic carbocycles. The molecule has 0 radical (unpaired) electrons. The van der Waals surface area contributed by atoms with Crippen LogP contribution in [-0.4, -0.2) is 32.3 Å². The smallest absolute Gasteiger partial charge is 0.332 e. The van der Waals surface area contributed by atoms with E-state index in [0.717, 1.165) is 5.69 Å². The Balaban J connectivity index is 1.96. The van der Waals surface area contributed by atoms with Crippen LogP contribution in [0.25, 0.3) is 11.2 Å². The van der Waals surface area contributed by atoms with Crippen molar-refractivity contribution in [2.75, 3.05) is 18.6 Å². The SMILES string of the molecule is CC=CCn1c(=O)c2c(nc3n2CCN3c2cc(Cl)ccc2OC)n(C)c1=O. The molecule has 146 valence electrons. The summed E-state index contributed by atoms with van der Waals surface area (Å²) < 4.78 is 9.95. The summed E-state index contributed by atoms with van der Waals surface area (Å²) >= 11 is 6.18. The summed E-state index contributed by atoms with van der Waals surface area (Å²) in [6.07, 6.45) is 3.59. The number of nitrogens with zero attached hydrogens (tertiary/aromatic N) is 5. The van der Waals surface area contributed by atoms with Crippen molar-refractivity contribution in [2.45, 2.75) is 20.0 Å². The molecule has 0 spiro atoms. The second-order valence-electron chi connectivity index (χ2n) is 6.53. The zero-order valence-corrected chi connectivity index (χ0v) is 16.6. The standard InChI is InChI=1S/C19H20ClN5O3/c1-4-5-8-25-17(26)15-16(22(2)19(25)27)21-18-23(9-10-24(15)18)13-11-12(20)6-7-14(13)28-3/h4-7,11H,8-10H2,1-3H3. The van der Waals surface area contributed by atoms with Gasteiger partial charge in [-0.25, -0.2) is 4.79 Å². The number of allylic oxidation sites excluding steroid dienone is 2. The molecule has 1 aliphatic rings. The molecule has 0 unspecified atom stereocenters. The summed E-state index contributed by atoms with van der Waals surface area (Å²) in [5.74, 6) is 1.25. The topological polar surface area (TPSA) is 74.3 Å². The molecule has 0 atom stereocenters. The summed E-state index contributed by atoms with van der Waals surface area (Å²) in [5.41, 5.74) is 0.829. The average molecular weight is 402 g/mol. The van der Waals surface area contributed by atoms with E-state index in [9.17, 15) is 9.59 Å². The molecule has 0 aliphatic carbocycles. The highest BCUT2D eigenvalue weighted by Gasteiger charge is 2.30. The molecule has 0 fully saturated rings. The number of aryl methyl sites for hydroxylation is 1. The van der Waals surface area contributed by atoms with Crippen LogP contribution in [0.5, 0.6) is 5.75 Å². The van der Waals surface area contributed by atoms with E-state index in [0.29, 0.717) is 41.0 Å². The predicted octanol–water partition coefficient (Wildman–Crippen LogP) is 2.29. The van der Waals surface area contributed by atoms with Gasteiger partial charge in [0.2, 0.25) is 5.95 Å². The highest BCUT2D eigenvalue weighted by atomic mass is 35.5. The highest BCUT2D eigenvalue weighted by Crippen LogP contribution is 2.38. The van der Waals surface area contributed by atoms with Crippen molar-refractivity contribution in [3.05, 3.63) is 56.2 Å². The third kappa shape index (κ3) is 2.63. The number of imidazole rings is 1. The number of aromatic nitrogens is 4. The minimum atomic E-state index is -0.390. The maximum atomic E-state index is 13.0. The number of anilines is 2. The normalized spacial score (nSPS) is 13.6. The van der Waals surface area contributed by atoms with Crippen molar-refractivity contribution >= 4 is 34.4 Å². The number of fused-ring (bicyclic) bond motifs is 3. The van der Waals surface area contributed by atoms with Gasteiger partial charge in [-0.1, -0.05) is 23.8 Å². The number of hydrogen-bond acceptors (Lipinski definition) is 5. The quantitative estimate of drug-likeness (QED) is 0.627. The van der Waals surface area contributed by atoms with Gasteiger partial charge >= 0.3 is 5.69 Å². The Morgan fingerprint density at radius 3 is 2.79 bits per heavy atom. The lowest BCUT2D eigenvalue weighted by atomic mass is 10.2. The number of methoxy groups -OCH3 is 1. The van der Waals surface area contributed by atoms with Crippen LogP contribution >= 0.6 is 11.6 Å². The maximum absolute atomic E-state index is 13.0. The van der Waals surface area contributed by atoms with Crippen LogP contribution in [0.15, 0.2) is 39.9 Å². The zero-order chi connectivity index (χ0) is 20.0. The molecular formula is C19H20ClN5O3. The van der Waals surface area contributed by atoms with Crippen molar-refractivity contribution in [1.82, 2.24) is 18.7 Å². The minimum Gasteiger partial charge on any atom is -0.495 e. The molecule has 4 rings (SSSR count). The van der Waals surface area contributed by atoms with Crippen molar-refractivity contribution < 1.29 is 4.74 Å². The first-order valence-corrected chi connectivity index (χ1v) is 9.28. The van der Waals surface area contributed by atoms with Crippen LogP contribution in [0.1, 0.15) is 6.92 Å². The first-order valence-electron chi connectivity index (χ1n) is 8.90. The summed E-state index contributed by atoms with van der Waals surface area (Å²) in [7, 11) is 3.22. The molecule has 0 saturated heterocycles. The van der Waals surface area contributed by atoms with Gasteiger partial charge in [-0.2, -0.15) is 4.98 Å². The minimum absolute atomic E-state index is 0.226. The first-order chi connectivity index (χ1) is 13.5. The number of hydrogen-bond donors (Lipinski definition) is 0. The van der Waals surface area contributed by atoms with Crippen molar-refractivity contribution in [1.29, 1.82) is 0 Å². The van der Waals surface area contributed by atoms with Crippen LogP contribution in [0.4, 0.5) is 11.6 Å². The number of ether oxygens (including phenoxy) is 1. The third-order valence-corrected chi connectivity index (χ3v) is 5.19. The molecule has 0 saturated carbocycles. The van der Waals surface area contributed by atoms with Gasteiger partial charge < -0.3 is 14.2 Å². The molecule has 9 heteroatoms. The van der Waals surface area contributed by atoms with Gasteiger partial charge in [-0.05, 0) is 25.1 Å². The van der Waals surface area contributed by atoms with E-state index >= 15 is 0 Å². The van der Waals surface area contributed by atoms with Gasteiger partial charge in [0.25, 0.3) is 5.56 Å². The summed E-state index contributed by atoms with van der Waals surface area (Å²) in [4.78, 5) is 32.2. The number of rotatable bonds is 4. The van der Waals surface area contributed by atoms with Gasteiger partial charge in [-0.15, -0.1) is 0 Å². The van der Waals surface area contributed by atoms with E-state index in [4.69, 9.17) is 16.3 Å². The lowest BCUT2D eigenvalue weighted by molar-refractivity contribution is 0.415. The molecule has 3 aromatic rings. The number of benzene rings is 1. The van der Waals surface area contributed by atoms with Crippen LogP contribution in [0.2, 0.25) is 5.02 Å². The average Bonchev–Trinajstić information content (AvgIpc) is 3.25. The first kappa shape index (κ1) is 18.4. The summed E-state index contributed by atoms with van der Waals surface area (Å²) in [6.45, 7) is 3.26. The van der Waals surface area contributed by atoms with Crippen LogP contribution in [-0.2, 0) is 20.1 Å². The third-order valence-electron chi connectivity index (χ3n) is 4.96. The molecular weight excluding hydrogens is 382 g/mol. The molecule has 0 amide bonds. The fourth-order valence-electron chi connectivity index (χ4n) is 3.55. The van der Waals surface area contributed by atoms with Crippen molar-refractivity contribution in [2.24, 2.45) is 7.05 Å². The fraction of sp³-hybridized carbons (Fsp3) is 0.316. The van der Waals surface area contributed by atoms with E-state index < -0.39 is 0 Å². The Kier molecular flexibility index (Phi) is 4.50. The van der Waals surface area contributed by atoms with Crippen LogP contribution in [0.3, 0.4) is 0 Å².